The third kappa shape index (κ3) is 1.91. The molecule has 2 N–H and O–H groups in total. The highest BCUT2D eigenvalue weighted by molar-refractivity contribution is 5.93. The molecule has 5 heteroatoms. The van der Waals surface area contributed by atoms with Crippen LogP contribution in [-0.4, -0.2) is 27.2 Å². The predicted octanol–water partition coefficient (Wildman–Crippen LogP) is 2.81. The number of rotatable bonds is 2. The highest BCUT2D eigenvalue weighted by Gasteiger charge is 2.23. The average Bonchev–Trinajstić information content (AvgIpc) is 3.25. The maximum Gasteiger partial charge on any atom is 0.162 e. The van der Waals surface area contributed by atoms with Crippen molar-refractivity contribution in [3.05, 3.63) is 60.6 Å². The summed E-state index contributed by atoms with van der Waals surface area (Å²) < 4.78 is 7.67. The van der Waals surface area contributed by atoms with Crippen LogP contribution < -0.4 is 10.5 Å². The fourth-order valence-electron chi connectivity index (χ4n) is 3.47. The van der Waals surface area contributed by atoms with E-state index < -0.39 is 0 Å². The lowest BCUT2D eigenvalue weighted by molar-refractivity contribution is 0.241. The largest absolute Gasteiger partial charge is 0.488 e. The zero-order chi connectivity index (χ0) is 16.1. The SMILES string of the molecule is NCC1Cc2c(ccc3cc(-c4cnn5cccnc45)ccc23)O1. The zero-order valence-electron chi connectivity index (χ0n) is 13.0. The molecular formula is C19H16N4O. The van der Waals surface area contributed by atoms with Crippen LogP contribution in [0.2, 0.25) is 0 Å². The first-order valence-corrected chi connectivity index (χ1v) is 8.04. The molecule has 1 aliphatic rings. The Hall–Kier alpha value is -2.92. The van der Waals surface area contributed by atoms with Crippen molar-refractivity contribution in [1.82, 2.24) is 14.6 Å². The van der Waals surface area contributed by atoms with E-state index in [1.807, 2.05) is 24.5 Å². The second kappa shape index (κ2) is 5.04. The van der Waals surface area contributed by atoms with Crippen molar-refractivity contribution in [2.75, 3.05) is 6.54 Å². The van der Waals surface area contributed by atoms with Gasteiger partial charge < -0.3 is 10.5 Å². The zero-order valence-corrected chi connectivity index (χ0v) is 13.0. The number of nitrogens with two attached hydrogens (primary N) is 1. The second-order valence-electron chi connectivity index (χ2n) is 6.10. The van der Waals surface area contributed by atoms with Crippen molar-refractivity contribution in [2.24, 2.45) is 5.73 Å². The molecule has 3 heterocycles. The van der Waals surface area contributed by atoms with Gasteiger partial charge in [0.1, 0.15) is 11.9 Å². The molecule has 0 spiro atoms. The Morgan fingerprint density at radius 3 is 3.12 bits per heavy atom. The van der Waals surface area contributed by atoms with E-state index in [1.165, 1.54) is 16.3 Å². The van der Waals surface area contributed by atoms with Crippen molar-refractivity contribution >= 4 is 16.4 Å². The number of aromatic nitrogens is 3. The highest BCUT2D eigenvalue weighted by Crippen LogP contribution is 2.36. The highest BCUT2D eigenvalue weighted by atomic mass is 16.5. The predicted molar refractivity (Wildman–Crippen MR) is 93.1 cm³/mol. The summed E-state index contributed by atoms with van der Waals surface area (Å²) >= 11 is 0. The molecule has 0 amide bonds. The Morgan fingerprint density at radius 1 is 1.25 bits per heavy atom. The first kappa shape index (κ1) is 13.5. The van der Waals surface area contributed by atoms with E-state index in [0.29, 0.717) is 6.54 Å². The van der Waals surface area contributed by atoms with Gasteiger partial charge >= 0.3 is 0 Å². The molecule has 0 fully saturated rings. The first-order chi connectivity index (χ1) is 11.8. The molecule has 5 nitrogen and oxygen atoms in total. The fourth-order valence-corrected chi connectivity index (χ4v) is 3.47. The average molecular weight is 316 g/mol. The molecular weight excluding hydrogens is 300 g/mol. The van der Waals surface area contributed by atoms with Crippen LogP contribution >= 0.6 is 0 Å². The van der Waals surface area contributed by atoms with Gasteiger partial charge in [0.05, 0.1) is 6.20 Å². The maximum atomic E-state index is 5.88. The first-order valence-electron chi connectivity index (χ1n) is 8.04. The minimum absolute atomic E-state index is 0.0918. The number of hydrogen-bond acceptors (Lipinski definition) is 4. The third-order valence-electron chi connectivity index (χ3n) is 4.67. The second-order valence-corrected chi connectivity index (χ2v) is 6.10. The van der Waals surface area contributed by atoms with Gasteiger partial charge in [0.15, 0.2) is 5.65 Å². The molecule has 118 valence electrons. The quantitative estimate of drug-likeness (QED) is 0.617. The molecule has 0 bridgehead atoms. The van der Waals surface area contributed by atoms with E-state index in [2.05, 4.69) is 34.3 Å². The molecule has 2 aromatic carbocycles. The number of hydrogen-bond donors (Lipinski definition) is 1. The molecule has 1 atom stereocenters. The lowest BCUT2D eigenvalue weighted by atomic mass is 9.97. The van der Waals surface area contributed by atoms with Crippen molar-refractivity contribution in [3.63, 3.8) is 0 Å². The summed E-state index contributed by atoms with van der Waals surface area (Å²) in [7, 11) is 0. The van der Waals surface area contributed by atoms with Gasteiger partial charge in [-0.1, -0.05) is 18.2 Å². The molecule has 1 aliphatic heterocycles. The number of nitrogens with zero attached hydrogens (tertiary/aromatic N) is 3. The van der Waals surface area contributed by atoms with Crippen molar-refractivity contribution in [3.8, 4) is 16.9 Å². The van der Waals surface area contributed by atoms with Gasteiger partial charge in [0.2, 0.25) is 0 Å². The van der Waals surface area contributed by atoms with E-state index >= 15 is 0 Å². The summed E-state index contributed by atoms with van der Waals surface area (Å²) in [4.78, 5) is 4.44. The lowest BCUT2D eigenvalue weighted by Crippen LogP contribution is -2.24. The van der Waals surface area contributed by atoms with Crippen molar-refractivity contribution in [2.45, 2.75) is 12.5 Å². The molecule has 0 saturated heterocycles. The summed E-state index contributed by atoms with van der Waals surface area (Å²) in [6, 6.07) is 12.5. The molecule has 24 heavy (non-hydrogen) atoms. The van der Waals surface area contributed by atoms with Crippen LogP contribution in [0.5, 0.6) is 5.75 Å². The van der Waals surface area contributed by atoms with Crippen LogP contribution in [0, 0.1) is 0 Å². The Labute approximate surface area is 138 Å². The molecule has 2 aromatic heterocycles. The molecule has 5 rings (SSSR count). The minimum atomic E-state index is 0.0918. The van der Waals surface area contributed by atoms with Gasteiger partial charge in [0, 0.05) is 36.5 Å². The number of fused-ring (bicyclic) bond motifs is 4. The Bertz CT molecular complexity index is 1070. The standard InChI is InChI=1S/C19H16N4O/c20-10-14-9-16-15-4-2-13(8-12(15)3-5-18(16)24-14)17-11-22-23-7-1-6-21-19(17)23/h1-8,11,14H,9-10,20H2. The Kier molecular flexibility index (Phi) is 2.84. The molecule has 0 aliphatic carbocycles. The normalized spacial score (nSPS) is 16.5. The molecule has 0 saturated carbocycles. The van der Waals surface area contributed by atoms with Crippen LogP contribution in [0.3, 0.4) is 0 Å². The summed E-state index contributed by atoms with van der Waals surface area (Å²) in [6.07, 6.45) is 6.53. The van der Waals surface area contributed by atoms with Crippen LogP contribution in [0.1, 0.15) is 5.56 Å². The van der Waals surface area contributed by atoms with Gasteiger partial charge in [-0.2, -0.15) is 5.10 Å². The van der Waals surface area contributed by atoms with Crippen LogP contribution in [-0.2, 0) is 6.42 Å². The topological polar surface area (TPSA) is 65.4 Å². The maximum absolute atomic E-state index is 5.88. The van der Waals surface area contributed by atoms with Crippen molar-refractivity contribution < 1.29 is 4.74 Å². The van der Waals surface area contributed by atoms with E-state index in [-0.39, 0.29) is 6.10 Å². The fraction of sp³-hybridized carbons (Fsp3) is 0.158. The Balaban J connectivity index is 1.66. The lowest BCUT2D eigenvalue weighted by Gasteiger charge is -2.07. The van der Waals surface area contributed by atoms with E-state index in [9.17, 15) is 0 Å². The van der Waals surface area contributed by atoms with Crippen LogP contribution in [0.15, 0.2) is 55.0 Å². The van der Waals surface area contributed by atoms with Gasteiger partial charge in [-0.15, -0.1) is 0 Å². The molecule has 0 radical (unpaired) electrons. The summed E-state index contributed by atoms with van der Waals surface area (Å²) in [5, 5.41) is 6.80. The summed E-state index contributed by atoms with van der Waals surface area (Å²) in [5.74, 6) is 0.961. The van der Waals surface area contributed by atoms with Gasteiger partial charge in [-0.3, -0.25) is 0 Å². The van der Waals surface area contributed by atoms with Gasteiger partial charge in [-0.25, -0.2) is 9.50 Å². The number of ether oxygens (including phenoxy) is 1. The van der Waals surface area contributed by atoms with Crippen LogP contribution in [0.25, 0.3) is 27.5 Å². The molecule has 4 aromatic rings. The minimum Gasteiger partial charge on any atom is -0.488 e. The number of benzene rings is 2. The Morgan fingerprint density at radius 2 is 2.21 bits per heavy atom. The van der Waals surface area contributed by atoms with Crippen LogP contribution in [0.4, 0.5) is 0 Å². The monoisotopic (exact) mass is 316 g/mol. The third-order valence-corrected chi connectivity index (χ3v) is 4.67. The summed E-state index contributed by atoms with van der Waals surface area (Å²) in [5.41, 5.74) is 10.0. The molecule has 1 unspecified atom stereocenters. The van der Waals surface area contributed by atoms with Gasteiger partial charge in [0.25, 0.3) is 0 Å². The van der Waals surface area contributed by atoms with E-state index in [4.69, 9.17) is 10.5 Å². The van der Waals surface area contributed by atoms with Gasteiger partial charge in [-0.05, 0) is 34.5 Å². The van der Waals surface area contributed by atoms with Crippen molar-refractivity contribution in [1.29, 1.82) is 0 Å². The van der Waals surface area contributed by atoms with E-state index in [0.717, 1.165) is 28.9 Å². The smallest absolute Gasteiger partial charge is 0.162 e. The van der Waals surface area contributed by atoms with E-state index in [1.54, 1.807) is 10.7 Å². The summed E-state index contributed by atoms with van der Waals surface area (Å²) in [6.45, 7) is 0.544.